The predicted octanol–water partition coefficient (Wildman–Crippen LogP) is 1.92. The number of allylic oxidation sites excluding steroid dienone is 2. The van der Waals surface area contributed by atoms with Crippen LogP contribution in [0.4, 0.5) is 0 Å². The van der Waals surface area contributed by atoms with Crippen molar-refractivity contribution in [2.24, 2.45) is 10.9 Å². The first-order chi connectivity index (χ1) is 7.73. The zero-order chi connectivity index (χ0) is 11.9. The zero-order valence-electron chi connectivity index (χ0n) is 9.67. The van der Waals surface area contributed by atoms with Crippen LogP contribution in [0.3, 0.4) is 0 Å². The van der Waals surface area contributed by atoms with Crippen LogP contribution in [0.2, 0.25) is 0 Å². The van der Waals surface area contributed by atoms with E-state index in [0.717, 1.165) is 25.5 Å². The lowest BCUT2D eigenvalue weighted by Gasteiger charge is -2.25. The maximum atomic E-state index is 10.8. The van der Waals surface area contributed by atoms with Gasteiger partial charge in [-0.1, -0.05) is 38.0 Å². The Morgan fingerprint density at radius 2 is 2.25 bits per heavy atom. The molecule has 0 fully saturated rings. The van der Waals surface area contributed by atoms with Crippen LogP contribution < -0.4 is 0 Å². The van der Waals surface area contributed by atoms with Gasteiger partial charge in [0.2, 0.25) is 0 Å². The average molecular weight is 221 g/mol. The minimum atomic E-state index is -1.23. The Morgan fingerprint density at radius 3 is 2.94 bits per heavy atom. The molecule has 3 nitrogen and oxygen atoms in total. The molecule has 0 amide bonds. The minimum Gasteiger partial charge on any atom is -0.379 e. The molecule has 2 atom stereocenters. The van der Waals surface area contributed by atoms with Gasteiger partial charge in [-0.05, 0) is 12.5 Å². The fraction of sp³-hybridized carbons (Fsp3) is 0.538. The molecule has 2 unspecified atom stereocenters. The third-order valence-corrected chi connectivity index (χ3v) is 2.66. The second-order valence-electron chi connectivity index (χ2n) is 4.04. The number of unbranched alkanes of at least 4 members (excludes halogenated alkanes) is 2. The molecule has 1 N–H and O–H groups in total. The molecule has 0 aromatic rings. The van der Waals surface area contributed by atoms with Gasteiger partial charge in [-0.15, -0.1) is 0 Å². The quantitative estimate of drug-likeness (QED) is 0.423. The second-order valence-corrected chi connectivity index (χ2v) is 4.04. The molecule has 0 spiro atoms. The largest absolute Gasteiger partial charge is 0.379 e. The fourth-order valence-electron chi connectivity index (χ4n) is 1.61. The van der Waals surface area contributed by atoms with Gasteiger partial charge in [-0.25, -0.2) is 0 Å². The number of hydrogen-bond acceptors (Lipinski definition) is 3. The molecule has 0 aromatic heterocycles. The standard InChI is InChI=1S/C13H19NO2/c1-2-3-6-9-14-11-13(16)8-5-4-7-12(13)10-15/h4-5,7-8,10-12,16H,2-3,6,9H2,1H3. The summed E-state index contributed by atoms with van der Waals surface area (Å²) in [6.07, 6.45) is 12.3. The van der Waals surface area contributed by atoms with Crippen molar-refractivity contribution < 1.29 is 9.90 Å². The highest BCUT2D eigenvalue weighted by molar-refractivity contribution is 5.80. The number of aliphatic hydroxyl groups is 1. The summed E-state index contributed by atoms with van der Waals surface area (Å²) in [7, 11) is 0. The number of carbonyl (C=O) groups is 1. The summed E-state index contributed by atoms with van der Waals surface area (Å²) >= 11 is 0. The average Bonchev–Trinajstić information content (AvgIpc) is 2.29. The molecule has 0 saturated heterocycles. The van der Waals surface area contributed by atoms with E-state index in [4.69, 9.17) is 0 Å². The van der Waals surface area contributed by atoms with Crippen molar-refractivity contribution in [2.75, 3.05) is 6.54 Å². The number of hydrogen-bond donors (Lipinski definition) is 1. The van der Waals surface area contributed by atoms with Gasteiger partial charge in [0, 0.05) is 12.8 Å². The number of aldehydes is 1. The lowest BCUT2D eigenvalue weighted by molar-refractivity contribution is -0.112. The van der Waals surface area contributed by atoms with E-state index < -0.39 is 11.5 Å². The Hall–Kier alpha value is -1.22. The molecule has 1 aliphatic rings. The third-order valence-electron chi connectivity index (χ3n) is 2.66. The van der Waals surface area contributed by atoms with Crippen LogP contribution in [-0.4, -0.2) is 29.8 Å². The van der Waals surface area contributed by atoms with E-state index >= 15 is 0 Å². The number of aliphatic imine (C=N–C) groups is 1. The second kappa shape index (κ2) is 6.38. The molecular formula is C13H19NO2. The maximum absolute atomic E-state index is 10.8. The van der Waals surface area contributed by atoms with Crippen molar-refractivity contribution in [1.82, 2.24) is 0 Å². The van der Waals surface area contributed by atoms with Crippen LogP contribution in [0, 0.1) is 5.92 Å². The first-order valence-electron chi connectivity index (χ1n) is 5.77. The molecule has 0 aromatic carbocycles. The van der Waals surface area contributed by atoms with E-state index in [1.165, 1.54) is 6.21 Å². The number of carbonyl (C=O) groups excluding carboxylic acids is 1. The molecule has 0 heterocycles. The SMILES string of the molecule is CCCCCN=CC1(O)C=CC=CC1C=O. The molecular weight excluding hydrogens is 202 g/mol. The molecule has 0 radical (unpaired) electrons. The zero-order valence-corrected chi connectivity index (χ0v) is 9.67. The number of rotatable bonds is 6. The predicted molar refractivity (Wildman–Crippen MR) is 65.7 cm³/mol. The van der Waals surface area contributed by atoms with Crippen LogP contribution in [0.25, 0.3) is 0 Å². The third kappa shape index (κ3) is 3.42. The molecule has 1 aliphatic carbocycles. The van der Waals surface area contributed by atoms with Gasteiger partial charge in [-0.3, -0.25) is 4.99 Å². The van der Waals surface area contributed by atoms with E-state index in [-0.39, 0.29) is 0 Å². The van der Waals surface area contributed by atoms with Gasteiger partial charge in [0.05, 0.1) is 5.92 Å². The van der Waals surface area contributed by atoms with E-state index in [2.05, 4.69) is 11.9 Å². The Kier molecular flexibility index (Phi) is 5.12. The Morgan fingerprint density at radius 1 is 1.44 bits per heavy atom. The van der Waals surface area contributed by atoms with Crippen LogP contribution in [-0.2, 0) is 4.79 Å². The molecule has 16 heavy (non-hydrogen) atoms. The summed E-state index contributed by atoms with van der Waals surface area (Å²) in [5.74, 6) is -0.521. The lowest BCUT2D eigenvalue weighted by Crippen LogP contribution is -2.38. The highest BCUT2D eigenvalue weighted by Gasteiger charge is 2.31. The van der Waals surface area contributed by atoms with E-state index in [1.807, 2.05) is 0 Å². The van der Waals surface area contributed by atoms with Gasteiger partial charge in [0.25, 0.3) is 0 Å². The highest BCUT2D eigenvalue weighted by atomic mass is 16.3. The monoisotopic (exact) mass is 221 g/mol. The summed E-state index contributed by atoms with van der Waals surface area (Å²) < 4.78 is 0. The maximum Gasteiger partial charge on any atom is 0.130 e. The Bertz CT molecular complexity index is 307. The Balaban J connectivity index is 2.52. The van der Waals surface area contributed by atoms with Crippen molar-refractivity contribution in [3.8, 4) is 0 Å². The summed E-state index contributed by atoms with van der Waals surface area (Å²) in [6, 6.07) is 0. The van der Waals surface area contributed by atoms with Gasteiger partial charge in [-0.2, -0.15) is 0 Å². The van der Waals surface area contributed by atoms with Gasteiger partial charge in [0.1, 0.15) is 11.9 Å². The van der Waals surface area contributed by atoms with Crippen molar-refractivity contribution in [3.63, 3.8) is 0 Å². The first kappa shape index (κ1) is 12.8. The molecule has 88 valence electrons. The fourth-order valence-corrected chi connectivity index (χ4v) is 1.61. The molecule has 3 heteroatoms. The molecule has 1 rings (SSSR count). The molecule has 0 aliphatic heterocycles. The number of nitrogens with zero attached hydrogens (tertiary/aromatic N) is 1. The van der Waals surface area contributed by atoms with Crippen LogP contribution in [0.15, 0.2) is 29.3 Å². The van der Waals surface area contributed by atoms with Crippen LogP contribution in [0.1, 0.15) is 26.2 Å². The molecule has 0 saturated carbocycles. The molecule has 0 bridgehead atoms. The van der Waals surface area contributed by atoms with Gasteiger partial charge >= 0.3 is 0 Å². The summed E-state index contributed by atoms with van der Waals surface area (Å²) in [5.41, 5.74) is -1.23. The smallest absolute Gasteiger partial charge is 0.130 e. The highest BCUT2D eigenvalue weighted by Crippen LogP contribution is 2.21. The normalized spacial score (nSPS) is 28.8. The summed E-state index contributed by atoms with van der Waals surface area (Å²) in [4.78, 5) is 15.0. The van der Waals surface area contributed by atoms with Gasteiger partial charge in [0.15, 0.2) is 0 Å². The van der Waals surface area contributed by atoms with Crippen molar-refractivity contribution in [1.29, 1.82) is 0 Å². The van der Waals surface area contributed by atoms with Crippen molar-refractivity contribution in [3.05, 3.63) is 24.3 Å². The van der Waals surface area contributed by atoms with Crippen LogP contribution >= 0.6 is 0 Å². The van der Waals surface area contributed by atoms with E-state index in [1.54, 1.807) is 24.3 Å². The first-order valence-corrected chi connectivity index (χ1v) is 5.77. The van der Waals surface area contributed by atoms with Crippen LogP contribution in [0.5, 0.6) is 0 Å². The Labute approximate surface area is 96.6 Å². The lowest BCUT2D eigenvalue weighted by atomic mass is 9.86. The van der Waals surface area contributed by atoms with E-state index in [9.17, 15) is 9.90 Å². The van der Waals surface area contributed by atoms with E-state index in [0.29, 0.717) is 6.54 Å². The van der Waals surface area contributed by atoms with Gasteiger partial charge < -0.3 is 9.90 Å². The summed E-state index contributed by atoms with van der Waals surface area (Å²) in [6.45, 7) is 2.84. The topological polar surface area (TPSA) is 49.7 Å². The minimum absolute atomic E-state index is 0.521. The van der Waals surface area contributed by atoms with Crippen molar-refractivity contribution in [2.45, 2.75) is 31.8 Å². The van der Waals surface area contributed by atoms with Crippen molar-refractivity contribution >= 4 is 12.5 Å². The summed E-state index contributed by atoms with van der Waals surface area (Å²) in [5, 5.41) is 10.2.